The van der Waals surface area contributed by atoms with Crippen LogP contribution in [0.2, 0.25) is 0 Å². The lowest BCUT2D eigenvalue weighted by Crippen LogP contribution is -2.30. The number of primary amides is 1. The van der Waals surface area contributed by atoms with Crippen molar-refractivity contribution in [1.29, 1.82) is 0 Å². The van der Waals surface area contributed by atoms with Crippen LogP contribution in [0, 0.1) is 5.41 Å². The normalized spacial score (nSPS) is 15.8. The molecule has 0 aromatic heterocycles. The number of rotatable bonds is 4. The lowest BCUT2D eigenvalue weighted by molar-refractivity contribution is -0.120. The Kier molecular flexibility index (Phi) is 3.20. The predicted molar refractivity (Wildman–Crippen MR) is 69.0 cm³/mol. The molecule has 1 aliphatic carbocycles. The third kappa shape index (κ3) is 2.60. The van der Waals surface area contributed by atoms with E-state index in [1.165, 1.54) is 0 Å². The van der Waals surface area contributed by atoms with Crippen molar-refractivity contribution < 1.29 is 9.59 Å². The summed E-state index contributed by atoms with van der Waals surface area (Å²) in [5.41, 5.74) is 11.4. The van der Waals surface area contributed by atoms with Crippen molar-refractivity contribution in [2.75, 3.05) is 17.2 Å². The Morgan fingerprint density at radius 1 is 1.22 bits per heavy atom. The first-order chi connectivity index (χ1) is 8.55. The lowest BCUT2D eigenvalue weighted by atomic mass is 10.1. The molecule has 0 spiro atoms. The average molecular weight is 248 g/mol. The maximum absolute atomic E-state index is 12.0. The fraction of sp³-hybridized carbons (Fsp3) is 0.333. The molecule has 1 fully saturated rings. The number of nitrogens with one attached hydrogen (secondary N) is 2. The van der Waals surface area contributed by atoms with Crippen LogP contribution in [0.15, 0.2) is 24.3 Å². The van der Waals surface area contributed by atoms with E-state index in [-0.39, 0.29) is 5.91 Å². The fourth-order valence-corrected chi connectivity index (χ4v) is 1.76. The van der Waals surface area contributed by atoms with E-state index >= 15 is 0 Å². The number of carbonyl (C=O) groups excluding carboxylic acids is 2. The van der Waals surface area contributed by atoms with Gasteiger partial charge in [0, 0.05) is 17.9 Å². The first-order valence-corrected chi connectivity index (χ1v) is 5.74. The standard InChI is InChI=1S/C12H16N4O2/c13-7-12(4-5-12)10(17)15-8-2-1-3-9(6-8)16-11(14)18/h1-3,6H,4-5,7,13H2,(H,15,17)(H3,14,16,18). The van der Waals surface area contributed by atoms with E-state index in [0.29, 0.717) is 17.9 Å². The van der Waals surface area contributed by atoms with Crippen molar-refractivity contribution in [1.82, 2.24) is 0 Å². The summed E-state index contributed by atoms with van der Waals surface area (Å²) in [6.07, 6.45) is 1.66. The molecule has 3 amide bonds. The van der Waals surface area contributed by atoms with Crippen molar-refractivity contribution >= 4 is 23.3 Å². The quantitative estimate of drug-likeness (QED) is 0.634. The second-order valence-electron chi connectivity index (χ2n) is 4.51. The second-order valence-corrected chi connectivity index (χ2v) is 4.51. The number of hydrogen-bond acceptors (Lipinski definition) is 3. The molecule has 0 radical (unpaired) electrons. The predicted octanol–water partition coefficient (Wildman–Crippen LogP) is 0.855. The van der Waals surface area contributed by atoms with E-state index in [1.54, 1.807) is 24.3 Å². The summed E-state index contributed by atoms with van der Waals surface area (Å²) >= 11 is 0. The summed E-state index contributed by atoms with van der Waals surface area (Å²) in [5, 5.41) is 5.25. The Morgan fingerprint density at radius 3 is 2.33 bits per heavy atom. The minimum atomic E-state index is -0.640. The first kappa shape index (κ1) is 12.4. The van der Waals surface area contributed by atoms with Gasteiger partial charge in [0.1, 0.15) is 0 Å². The van der Waals surface area contributed by atoms with Crippen LogP contribution in [0.5, 0.6) is 0 Å². The van der Waals surface area contributed by atoms with Gasteiger partial charge in [-0.1, -0.05) is 6.07 Å². The van der Waals surface area contributed by atoms with Gasteiger partial charge in [-0.15, -0.1) is 0 Å². The summed E-state index contributed by atoms with van der Waals surface area (Å²) < 4.78 is 0. The summed E-state index contributed by atoms with van der Waals surface area (Å²) in [6, 6.07) is 6.17. The monoisotopic (exact) mass is 248 g/mol. The van der Waals surface area contributed by atoms with Gasteiger partial charge in [0.2, 0.25) is 5.91 Å². The SMILES string of the molecule is NCC1(C(=O)Nc2cccc(NC(N)=O)c2)CC1. The summed E-state index contributed by atoms with van der Waals surface area (Å²) in [6.45, 7) is 0.359. The highest BCUT2D eigenvalue weighted by atomic mass is 16.2. The van der Waals surface area contributed by atoms with Crippen LogP contribution in [-0.4, -0.2) is 18.5 Å². The lowest BCUT2D eigenvalue weighted by Gasteiger charge is -2.13. The molecule has 1 aromatic carbocycles. The van der Waals surface area contributed by atoms with Crippen molar-refractivity contribution in [2.45, 2.75) is 12.8 Å². The van der Waals surface area contributed by atoms with Crippen LogP contribution < -0.4 is 22.1 Å². The summed E-state index contributed by atoms with van der Waals surface area (Å²) in [4.78, 5) is 22.7. The number of amides is 3. The summed E-state index contributed by atoms with van der Waals surface area (Å²) in [7, 11) is 0. The Hall–Kier alpha value is -2.08. The Balaban J connectivity index is 2.05. The van der Waals surface area contributed by atoms with Crippen molar-refractivity contribution in [3.63, 3.8) is 0 Å². The molecule has 18 heavy (non-hydrogen) atoms. The van der Waals surface area contributed by atoms with Gasteiger partial charge in [0.05, 0.1) is 5.41 Å². The molecule has 96 valence electrons. The summed E-state index contributed by atoms with van der Waals surface area (Å²) in [5.74, 6) is -0.0683. The third-order valence-electron chi connectivity index (χ3n) is 3.11. The third-order valence-corrected chi connectivity index (χ3v) is 3.11. The Morgan fingerprint density at radius 2 is 1.83 bits per heavy atom. The number of hydrogen-bond donors (Lipinski definition) is 4. The van der Waals surface area contributed by atoms with Gasteiger partial charge in [-0.25, -0.2) is 4.79 Å². The largest absolute Gasteiger partial charge is 0.351 e. The molecule has 0 aliphatic heterocycles. The molecule has 0 atom stereocenters. The number of nitrogens with two attached hydrogens (primary N) is 2. The van der Waals surface area contributed by atoms with Crippen molar-refractivity contribution in [3.05, 3.63) is 24.3 Å². The van der Waals surface area contributed by atoms with Crippen LogP contribution in [0.1, 0.15) is 12.8 Å². The maximum atomic E-state index is 12.0. The molecular weight excluding hydrogens is 232 g/mol. The molecule has 0 heterocycles. The van der Waals surface area contributed by atoms with Crippen LogP contribution in [0.4, 0.5) is 16.2 Å². The van der Waals surface area contributed by atoms with Gasteiger partial charge < -0.3 is 22.1 Å². The Labute approximate surface area is 105 Å². The number of benzene rings is 1. The molecule has 0 saturated heterocycles. The van der Waals surface area contributed by atoms with E-state index in [0.717, 1.165) is 12.8 Å². The second kappa shape index (κ2) is 4.66. The van der Waals surface area contributed by atoms with Crippen LogP contribution >= 0.6 is 0 Å². The van der Waals surface area contributed by atoms with E-state index in [4.69, 9.17) is 11.5 Å². The number of carbonyl (C=O) groups is 2. The molecule has 0 bridgehead atoms. The van der Waals surface area contributed by atoms with Gasteiger partial charge in [-0.2, -0.15) is 0 Å². The molecule has 6 heteroatoms. The van der Waals surface area contributed by atoms with Gasteiger partial charge >= 0.3 is 6.03 Å². The topological polar surface area (TPSA) is 110 Å². The minimum Gasteiger partial charge on any atom is -0.351 e. The number of urea groups is 1. The fourth-order valence-electron chi connectivity index (χ4n) is 1.76. The Bertz CT molecular complexity index is 483. The molecule has 0 unspecified atom stereocenters. The van der Waals surface area contributed by atoms with Gasteiger partial charge in [-0.3, -0.25) is 4.79 Å². The zero-order valence-corrected chi connectivity index (χ0v) is 9.90. The molecular formula is C12H16N4O2. The van der Waals surface area contributed by atoms with E-state index < -0.39 is 11.4 Å². The van der Waals surface area contributed by atoms with Gasteiger partial charge in [0.25, 0.3) is 0 Å². The van der Waals surface area contributed by atoms with Crippen LogP contribution in [0.25, 0.3) is 0 Å². The zero-order valence-electron chi connectivity index (χ0n) is 9.90. The first-order valence-electron chi connectivity index (χ1n) is 5.74. The molecule has 2 rings (SSSR count). The molecule has 1 saturated carbocycles. The van der Waals surface area contributed by atoms with E-state index in [9.17, 15) is 9.59 Å². The highest BCUT2D eigenvalue weighted by Gasteiger charge is 2.48. The zero-order chi connectivity index (χ0) is 13.2. The van der Waals surface area contributed by atoms with E-state index in [1.807, 2.05) is 0 Å². The highest BCUT2D eigenvalue weighted by molar-refractivity contribution is 5.98. The van der Waals surface area contributed by atoms with Crippen molar-refractivity contribution in [2.24, 2.45) is 16.9 Å². The van der Waals surface area contributed by atoms with Gasteiger partial charge in [-0.05, 0) is 31.0 Å². The van der Waals surface area contributed by atoms with Gasteiger partial charge in [0.15, 0.2) is 0 Å². The van der Waals surface area contributed by atoms with Crippen molar-refractivity contribution in [3.8, 4) is 0 Å². The molecule has 1 aliphatic rings. The molecule has 6 N–H and O–H groups in total. The molecule has 1 aromatic rings. The molecule has 6 nitrogen and oxygen atoms in total. The minimum absolute atomic E-state index is 0.0683. The van der Waals surface area contributed by atoms with Crippen LogP contribution in [0.3, 0.4) is 0 Å². The smallest absolute Gasteiger partial charge is 0.316 e. The van der Waals surface area contributed by atoms with Crippen LogP contribution in [-0.2, 0) is 4.79 Å². The maximum Gasteiger partial charge on any atom is 0.316 e. The average Bonchev–Trinajstić information content (AvgIpc) is 3.09. The van der Waals surface area contributed by atoms with E-state index in [2.05, 4.69) is 10.6 Å². The highest BCUT2D eigenvalue weighted by Crippen LogP contribution is 2.45. The number of anilines is 2.